The third-order valence-corrected chi connectivity index (χ3v) is 3.48. The van der Waals surface area contributed by atoms with E-state index in [1.807, 2.05) is 18.2 Å². The number of anilines is 3. The van der Waals surface area contributed by atoms with Crippen LogP contribution in [0.5, 0.6) is 5.88 Å². The fourth-order valence-corrected chi connectivity index (χ4v) is 2.09. The summed E-state index contributed by atoms with van der Waals surface area (Å²) in [5.74, 6) is 1.07. The molecule has 18 heavy (non-hydrogen) atoms. The molecule has 0 saturated heterocycles. The molecule has 0 spiro atoms. The second-order valence-corrected chi connectivity index (χ2v) is 5.31. The van der Waals surface area contributed by atoms with Gasteiger partial charge in [-0.1, -0.05) is 15.9 Å². The van der Waals surface area contributed by atoms with E-state index in [2.05, 4.69) is 42.2 Å². The van der Waals surface area contributed by atoms with Crippen LogP contribution in [0.4, 0.5) is 17.2 Å². The summed E-state index contributed by atoms with van der Waals surface area (Å²) in [6.45, 7) is 0. The van der Waals surface area contributed by atoms with Crippen molar-refractivity contribution in [2.24, 2.45) is 0 Å². The highest BCUT2D eigenvalue weighted by Gasteiger charge is 2.06. The second kappa shape index (κ2) is 5.58. The van der Waals surface area contributed by atoms with E-state index in [0.29, 0.717) is 17.4 Å². The number of nitrogens with zero attached hydrogens (tertiary/aromatic N) is 1. The number of nitrogen functional groups attached to an aromatic ring is 1. The summed E-state index contributed by atoms with van der Waals surface area (Å²) in [7, 11) is 1.57. The summed E-state index contributed by atoms with van der Waals surface area (Å²) in [5, 5.41) is 3.16. The topological polar surface area (TPSA) is 60.2 Å². The molecule has 6 heteroatoms. The quantitative estimate of drug-likeness (QED) is 0.856. The molecule has 0 radical (unpaired) electrons. The molecule has 0 amide bonds. The zero-order chi connectivity index (χ0) is 13.1. The summed E-state index contributed by atoms with van der Waals surface area (Å²) < 4.78 is 6.97. The number of pyridine rings is 1. The van der Waals surface area contributed by atoms with Crippen molar-refractivity contribution in [3.63, 3.8) is 0 Å². The minimum absolute atomic E-state index is 0.512. The Bertz CT molecular complexity index is 575. The van der Waals surface area contributed by atoms with E-state index >= 15 is 0 Å². The van der Waals surface area contributed by atoms with Crippen LogP contribution in [0.25, 0.3) is 0 Å². The Morgan fingerprint density at radius 1 is 1.22 bits per heavy atom. The fraction of sp³-hybridized carbons (Fsp3) is 0.0833. The lowest BCUT2D eigenvalue weighted by Crippen LogP contribution is -2.01. The van der Waals surface area contributed by atoms with E-state index in [1.54, 1.807) is 19.2 Å². The maximum absolute atomic E-state index is 5.87. The lowest BCUT2D eigenvalue weighted by atomic mass is 10.3. The summed E-state index contributed by atoms with van der Waals surface area (Å²) in [4.78, 5) is 4.26. The van der Waals surface area contributed by atoms with Crippen LogP contribution in [-0.4, -0.2) is 12.1 Å². The van der Waals surface area contributed by atoms with Gasteiger partial charge in [-0.05, 0) is 40.2 Å². The van der Waals surface area contributed by atoms with E-state index in [0.717, 1.165) is 14.6 Å². The SMILES string of the molecule is COc1ccc(N)c(Nc2cc(Br)ccc2Br)n1. The normalized spacial score (nSPS) is 10.2. The molecule has 94 valence electrons. The van der Waals surface area contributed by atoms with Crippen LogP contribution in [0.15, 0.2) is 39.3 Å². The minimum Gasteiger partial charge on any atom is -0.481 e. The average molecular weight is 373 g/mol. The molecule has 2 rings (SSSR count). The Labute approximate surface area is 122 Å². The lowest BCUT2D eigenvalue weighted by Gasteiger charge is -2.11. The first-order chi connectivity index (χ1) is 8.60. The lowest BCUT2D eigenvalue weighted by molar-refractivity contribution is 0.398. The van der Waals surface area contributed by atoms with Crippen LogP contribution in [0.3, 0.4) is 0 Å². The Morgan fingerprint density at radius 2 is 2.00 bits per heavy atom. The molecule has 0 bridgehead atoms. The molecule has 0 aliphatic rings. The van der Waals surface area contributed by atoms with Crippen molar-refractivity contribution in [3.05, 3.63) is 39.3 Å². The maximum atomic E-state index is 5.87. The van der Waals surface area contributed by atoms with E-state index in [4.69, 9.17) is 10.5 Å². The number of methoxy groups -OCH3 is 1. The number of nitrogens with one attached hydrogen (secondary N) is 1. The standard InChI is InChI=1S/C12H11Br2N3O/c1-18-11-5-4-9(15)12(17-11)16-10-6-7(13)2-3-8(10)14/h2-6H,15H2,1H3,(H,16,17). The first kappa shape index (κ1) is 13.2. The van der Waals surface area contributed by atoms with Crippen molar-refractivity contribution in [2.75, 3.05) is 18.2 Å². The Morgan fingerprint density at radius 3 is 2.72 bits per heavy atom. The number of nitrogens with two attached hydrogens (primary N) is 1. The minimum atomic E-state index is 0.512. The van der Waals surface area contributed by atoms with Gasteiger partial charge in [0.15, 0.2) is 5.82 Å². The number of ether oxygens (including phenoxy) is 1. The highest BCUT2D eigenvalue weighted by atomic mass is 79.9. The van der Waals surface area contributed by atoms with E-state index in [1.165, 1.54) is 0 Å². The predicted molar refractivity (Wildman–Crippen MR) is 80.3 cm³/mol. The van der Waals surface area contributed by atoms with Gasteiger partial charge in [0.25, 0.3) is 0 Å². The first-order valence-electron chi connectivity index (χ1n) is 5.12. The van der Waals surface area contributed by atoms with Crippen molar-refractivity contribution < 1.29 is 4.74 Å². The second-order valence-electron chi connectivity index (χ2n) is 3.54. The van der Waals surface area contributed by atoms with Gasteiger partial charge in [-0.15, -0.1) is 0 Å². The van der Waals surface area contributed by atoms with Crippen LogP contribution < -0.4 is 15.8 Å². The summed E-state index contributed by atoms with van der Waals surface area (Å²) >= 11 is 6.88. The Hall–Kier alpha value is -1.27. The Balaban J connectivity index is 2.36. The fourth-order valence-electron chi connectivity index (χ4n) is 1.39. The van der Waals surface area contributed by atoms with Crippen LogP contribution >= 0.6 is 31.9 Å². The zero-order valence-electron chi connectivity index (χ0n) is 9.58. The highest BCUT2D eigenvalue weighted by Crippen LogP contribution is 2.30. The molecule has 4 nitrogen and oxygen atoms in total. The predicted octanol–water partition coefficient (Wildman–Crippen LogP) is 3.94. The van der Waals surface area contributed by atoms with Crippen LogP contribution in [-0.2, 0) is 0 Å². The van der Waals surface area contributed by atoms with Gasteiger partial charge in [0.2, 0.25) is 5.88 Å². The van der Waals surface area contributed by atoms with Gasteiger partial charge in [-0.3, -0.25) is 0 Å². The largest absolute Gasteiger partial charge is 0.481 e. The Kier molecular flexibility index (Phi) is 4.08. The number of benzene rings is 1. The molecular formula is C12H11Br2N3O. The van der Waals surface area contributed by atoms with E-state index in [-0.39, 0.29) is 0 Å². The third kappa shape index (κ3) is 2.94. The number of halogens is 2. The first-order valence-corrected chi connectivity index (χ1v) is 6.71. The van der Waals surface area contributed by atoms with Crippen molar-refractivity contribution in [3.8, 4) is 5.88 Å². The molecule has 1 aromatic carbocycles. The molecule has 1 aromatic heterocycles. The highest BCUT2D eigenvalue weighted by molar-refractivity contribution is 9.11. The van der Waals surface area contributed by atoms with Crippen LogP contribution in [0.1, 0.15) is 0 Å². The summed E-state index contributed by atoms with van der Waals surface area (Å²) in [6, 6.07) is 9.28. The number of hydrogen-bond donors (Lipinski definition) is 2. The molecular weight excluding hydrogens is 362 g/mol. The van der Waals surface area contributed by atoms with Gasteiger partial charge in [0, 0.05) is 15.0 Å². The molecule has 0 fully saturated rings. The molecule has 0 unspecified atom stereocenters. The van der Waals surface area contributed by atoms with E-state index < -0.39 is 0 Å². The molecule has 0 aliphatic carbocycles. The van der Waals surface area contributed by atoms with Crippen molar-refractivity contribution in [2.45, 2.75) is 0 Å². The average Bonchev–Trinajstić information content (AvgIpc) is 2.36. The van der Waals surface area contributed by atoms with Crippen molar-refractivity contribution >= 4 is 49.1 Å². The molecule has 2 aromatic rings. The third-order valence-electron chi connectivity index (χ3n) is 2.29. The molecule has 1 heterocycles. The van der Waals surface area contributed by atoms with Gasteiger partial charge >= 0.3 is 0 Å². The summed E-state index contributed by atoms with van der Waals surface area (Å²) in [5.41, 5.74) is 7.30. The van der Waals surface area contributed by atoms with Crippen LogP contribution in [0.2, 0.25) is 0 Å². The van der Waals surface area contributed by atoms with Gasteiger partial charge in [0.05, 0.1) is 18.5 Å². The zero-order valence-corrected chi connectivity index (χ0v) is 12.7. The summed E-state index contributed by atoms with van der Waals surface area (Å²) in [6.07, 6.45) is 0. The van der Waals surface area contributed by atoms with Crippen LogP contribution in [0, 0.1) is 0 Å². The number of aromatic nitrogens is 1. The monoisotopic (exact) mass is 371 g/mol. The molecule has 0 atom stereocenters. The van der Waals surface area contributed by atoms with Gasteiger partial charge in [-0.25, -0.2) is 0 Å². The number of hydrogen-bond acceptors (Lipinski definition) is 4. The maximum Gasteiger partial charge on any atom is 0.215 e. The van der Waals surface area contributed by atoms with Crippen molar-refractivity contribution in [1.82, 2.24) is 4.98 Å². The van der Waals surface area contributed by atoms with Crippen molar-refractivity contribution in [1.29, 1.82) is 0 Å². The molecule has 3 N–H and O–H groups in total. The van der Waals surface area contributed by atoms with Gasteiger partial charge in [-0.2, -0.15) is 4.98 Å². The smallest absolute Gasteiger partial charge is 0.215 e. The number of rotatable bonds is 3. The molecule has 0 saturated carbocycles. The van der Waals surface area contributed by atoms with Gasteiger partial charge in [0.1, 0.15) is 0 Å². The van der Waals surface area contributed by atoms with E-state index in [9.17, 15) is 0 Å². The molecule has 0 aliphatic heterocycles. The van der Waals surface area contributed by atoms with Gasteiger partial charge < -0.3 is 15.8 Å².